The fourth-order valence-corrected chi connectivity index (χ4v) is 15.3. The minimum Gasteiger partial charge on any atom is -0.376 e. The number of rotatable bonds is 5. The molecule has 9 aromatic rings. The lowest BCUT2D eigenvalue weighted by Crippen LogP contribution is -2.61. The van der Waals surface area contributed by atoms with Gasteiger partial charge in [-0.1, -0.05) is 206 Å². The van der Waals surface area contributed by atoms with Crippen molar-refractivity contribution < 1.29 is 0 Å². The summed E-state index contributed by atoms with van der Waals surface area (Å²) in [6.07, 6.45) is 4.67. The Morgan fingerprint density at radius 2 is 0.897 bits per heavy atom. The van der Waals surface area contributed by atoms with Crippen LogP contribution in [-0.2, 0) is 32.5 Å². The van der Waals surface area contributed by atoms with Crippen LogP contribution in [0.4, 0.5) is 27.8 Å². The van der Waals surface area contributed by atoms with Crippen molar-refractivity contribution in [3.05, 3.63) is 197 Å². The van der Waals surface area contributed by atoms with E-state index in [4.69, 9.17) is 0 Å². The van der Waals surface area contributed by atoms with Gasteiger partial charge in [0.1, 0.15) is 0 Å². The van der Waals surface area contributed by atoms with Crippen LogP contribution in [0.2, 0.25) is 0 Å². The molecule has 2 nitrogen and oxygen atoms in total. The average Bonchev–Trinajstić information content (AvgIpc) is 2.96. The molecule has 0 bridgehead atoms. The third-order valence-electron chi connectivity index (χ3n) is 19.1. The molecule has 0 amide bonds. The molecule has 4 heteroatoms. The summed E-state index contributed by atoms with van der Waals surface area (Å²) in [5.41, 5.74) is 26.5. The first-order valence-electron chi connectivity index (χ1n) is 28.9. The van der Waals surface area contributed by atoms with Crippen LogP contribution in [0.15, 0.2) is 164 Å². The zero-order chi connectivity index (χ0) is 54.6. The maximum absolute atomic E-state index is 2.83. The normalized spacial score (nSPS) is 17.5. The zero-order valence-electron chi connectivity index (χ0n) is 48.8. The summed E-state index contributed by atoms with van der Waals surface area (Å²) < 4.78 is 1.37. The van der Waals surface area contributed by atoms with E-state index in [2.05, 4.69) is 270 Å². The van der Waals surface area contributed by atoms with Gasteiger partial charge in [0.15, 0.2) is 0 Å². The topological polar surface area (TPSA) is 6.48 Å². The maximum Gasteiger partial charge on any atom is 0.334 e. The number of fused-ring (bicyclic) bond motifs is 8. The zero-order valence-corrected chi connectivity index (χ0v) is 49.6. The summed E-state index contributed by atoms with van der Waals surface area (Å²) in [5.74, 6) is 0. The Hall–Kier alpha value is -6.62. The van der Waals surface area contributed by atoms with Crippen LogP contribution in [-0.4, -0.2) is 6.85 Å². The van der Waals surface area contributed by atoms with E-state index in [0.717, 1.165) is 12.8 Å². The van der Waals surface area contributed by atoms with E-state index in [1.54, 1.807) is 0 Å². The molecule has 392 valence electrons. The minimum atomic E-state index is -0.151. The molecule has 2 aliphatic heterocycles. The predicted octanol–water partition coefficient (Wildman–Crippen LogP) is 19.9. The van der Waals surface area contributed by atoms with Gasteiger partial charge >= 0.3 is 6.85 Å². The number of benzene rings is 8. The van der Waals surface area contributed by atoms with Crippen molar-refractivity contribution in [2.24, 2.45) is 0 Å². The van der Waals surface area contributed by atoms with Gasteiger partial charge in [-0.3, -0.25) is 0 Å². The van der Waals surface area contributed by atoms with Gasteiger partial charge in [-0.15, -0.1) is 11.3 Å². The first-order chi connectivity index (χ1) is 36.9. The molecule has 3 heterocycles. The number of hydrogen-bond donors (Lipinski definition) is 0. The maximum atomic E-state index is 2.83. The van der Waals surface area contributed by atoms with Gasteiger partial charge in [0, 0.05) is 32.9 Å². The summed E-state index contributed by atoms with van der Waals surface area (Å²) in [7, 11) is 0. The van der Waals surface area contributed by atoms with Crippen LogP contribution in [0.25, 0.3) is 54.6 Å². The second kappa shape index (κ2) is 17.4. The Labute approximate surface area is 470 Å². The van der Waals surface area contributed by atoms with Crippen LogP contribution >= 0.6 is 11.3 Å². The van der Waals surface area contributed by atoms with Gasteiger partial charge in [-0.05, 0) is 196 Å². The van der Waals surface area contributed by atoms with Gasteiger partial charge in [0.05, 0.1) is 10.7 Å². The predicted molar refractivity (Wildman–Crippen MR) is 340 cm³/mol. The molecule has 13 rings (SSSR count). The van der Waals surface area contributed by atoms with E-state index >= 15 is 0 Å². The SMILES string of the molecule is CC(C)(C)c1ccc(N2c3cc(C(C)(C)C)cc4c3B(c3c2sc2cc5c(cc32)C(C)(C)CCC5(C)C)N(c2ccc3c(c2)C(C)(C)CCC3(C)C)c2cc(-c3ccccc3)c(-c3ccccc3)cc2-4)c(-c2ccccc2)c1. The highest BCUT2D eigenvalue weighted by Crippen LogP contribution is 2.57. The summed E-state index contributed by atoms with van der Waals surface area (Å²) in [6, 6.07) is 64.2. The van der Waals surface area contributed by atoms with Crippen molar-refractivity contribution in [3.8, 4) is 44.5 Å². The van der Waals surface area contributed by atoms with Crippen molar-refractivity contribution in [3.63, 3.8) is 0 Å². The molecule has 0 spiro atoms. The third kappa shape index (κ3) is 8.00. The molecular weight excluding hydrogens is 960 g/mol. The largest absolute Gasteiger partial charge is 0.376 e. The average molecular weight is 1040 g/mol. The molecule has 0 saturated carbocycles. The van der Waals surface area contributed by atoms with Crippen LogP contribution in [0.3, 0.4) is 0 Å². The summed E-state index contributed by atoms with van der Waals surface area (Å²) >= 11 is 2.02. The first-order valence-corrected chi connectivity index (χ1v) is 29.8. The molecule has 1 aromatic heterocycles. The lowest BCUT2D eigenvalue weighted by molar-refractivity contribution is 0.332. The molecule has 8 aromatic carbocycles. The Kier molecular flexibility index (Phi) is 11.4. The van der Waals surface area contributed by atoms with E-state index in [9.17, 15) is 0 Å². The van der Waals surface area contributed by atoms with Crippen molar-refractivity contribution in [1.82, 2.24) is 0 Å². The second-order valence-corrected chi connectivity index (χ2v) is 29.3. The standard InChI is InChI=1S/C74H77BN2S/c1-69(2,3)49-30-33-62(54(38-49)48-28-22-17-23-29-48)76-64-40-50(70(4,5)6)39-56-55-42-52(46-24-18-15-19-25-46)53(47-26-20-16-21-27-47)44-63(55)77(51-31-32-58-59(41-51)72(9,10)35-34-71(58,7)8)75(66(56)64)67-57-43-60-61(45-65(57)78-68(67)76)74(13,14)37-36-73(60,11)12/h15-33,38-45H,34-37H2,1-14H3. The van der Waals surface area contributed by atoms with Crippen LogP contribution in [0.1, 0.15) is 156 Å². The summed E-state index contributed by atoms with van der Waals surface area (Å²) in [4.78, 5) is 5.57. The third-order valence-corrected chi connectivity index (χ3v) is 20.3. The Bertz CT molecular complexity index is 3880. The van der Waals surface area contributed by atoms with Gasteiger partial charge < -0.3 is 9.71 Å². The van der Waals surface area contributed by atoms with Gasteiger partial charge in [0.2, 0.25) is 0 Å². The van der Waals surface area contributed by atoms with Crippen molar-refractivity contribution in [1.29, 1.82) is 0 Å². The number of hydrogen-bond acceptors (Lipinski definition) is 3. The molecule has 0 saturated heterocycles. The summed E-state index contributed by atoms with van der Waals surface area (Å²) in [5, 5.41) is 2.70. The Morgan fingerprint density at radius 1 is 0.397 bits per heavy atom. The molecule has 0 N–H and O–H groups in total. The van der Waals surface area contributed by atoms with Crippen molar-refractivity contribution >= 4 is 66.9 Å². The summed E-state index contributed by atoms with van der Waals surface area (Å²) in [6.45, 7) is 34.0. The van der Waals surface area contributed by atoms with Gasteiger partial charge in [-0.25, -0.2) is 0 Å². The highest BCUT2D eigenvalue weighted by molar-refractivity contribution is 7.26. The van der Waals surface area contributed by atoms with E-state index in [0.29, 0.717) is 0 Å². The molecular formula is C74H77BN2S. The van der Waals surface area contributed by atoms with Gasteiger partial charge in [0.25, 0.3) is 0 Å². The smallest absolute Gasteiger partial charge is 0.334 e. The number of nitrogens with zero attached hydrogens (tertiary/aromatic N) is 2. The first kappa shape index (κ1) is 50.9. The van der Waals surface area contributed by atoms with Crippen molar-refractivity contribution in [2.75, 3.05) is 9.71 Å². The Morgan fingerprint density at radius 3 is 1.46 bits per heavy atom. The molecule has 0 fully saturated rings. The minimum absolute atomic E-state index is 0.0185. The highest BCUT2D eigenvalue weighted by atomic mass is 32.1. The fourth-order valence-electron chi connectivity index (χ4n) is 14.0. The molecule has 78 heavy (non-hydrogen) atoms. The molecule has 0 radical (unpaired) electrons. The van der Waals surface area contributed by atoms with E-state index < -0.39 is 0 Å². The Balaban J connectivity index is 1.23. The van der Waals surface area contributed by atoms with Crippen LogP contribution in [0, 0.1) is 0 Å². The fraction of sp³-hybridized carbons (Fsp3) is 0.324. The quantitative estimate of drug-likeness (QED) is 0.159. The van der Waals surface area contributed by atoms with Crippen molar-refractivity contribution in [2.45, 2.75) is 155 Å². The van der Waals surface area contributed by atoms with E-state index in [1.807, 2.05) is 11.3 Å². The van der Waals surface area contributed by atoms with Gasteiger partial charge in [-0.2, -0.15) is 0 Å². The molecule has 2 aliphatic carbocycles. The van der Waals surface area contributed by atoms with E-state index in [1.165, 1.54) is 139 Å². The van der Waals surface area contributed by atoms with E-state index in [-0.39, 0.29) is 39.3 Å². The molecule has 4 aliphatic rings. The lowest BCUT2D eigenvalue weighted by atomic mass is 9.43. The van der Waals surface area contributed by atoms with Crippen LogP contribution < -0.4 is 20.6 Å². The highest BCUT2D eigenvalue weighted by Gasteiger charge is 2.50. The second-order valence-electron chi connectivity index (χ2n) is 28.3. The monoisotopic (exact) mass is 1040 g/mol. The number of anilines is 5. The molecule has 0 atom stereocenters. The molecule has 0 unspecified atom stereocenters. The number of thiophene rings is 1. The lowest BCUT2D eigenvalue weighted by Gasteiger charge is -2.47. The van der Waals surface area contributed by atoms with Crippen LogP contribution in [0.5, 0.6) is 0 Å².